The molecule has 0 saturated carbocycles. The fourth-order valence-electron chi connectivity index (χ4n) is 3.56. The van der Waals surface area contributed by atoms with E-state index in [0.717, 1.165) is 32.3 Å². The van der Waals surface area contributed by atoms with Crippen LogP contribution in [0.1, 0.15) is 52.9 Å². The molecule has 2 rings (SSSR count). The number of carbonyl (C=O) groups excluding carboxylic acids is 1. The van der Waals surface area contributed by atoms with Gasteiger partial charge in [-0.25, -0.2) is 4.79 Å². The van der Waals surface area contributed by atoms with Crippen molar-refractivity contribution in [3.05, 3.63) is 24.3 Å². The molecule has 1 aliphatic carbocycles. The lowest BCUT2D eigenvalue weighted by atomic mass is 9.78. The fraction of sp³-hybridized carbons (Fsp3) is 0.706. The Morgan fingerprint density at radius 3 is 2.86 bits per heavy atom. The molecule has 0 bridgehead atoms. The Morgan fingerprint density at radius 1 is 1.48 bits per heavy atom. The van der Waals surface area contributed by atoms with E-state index in [9.17, 15) is 4.79 Å². The van der Waals surface area contributed by atoms with Gasteiger partial charge in [0.25, 0.3) is 0 Å². The van der Waals surface area contributed by atoms with Crippen LogP contribution in [0.5, 0.6) is 0 Å². The minimum absolute atomic E-state index is 0.144. The van der Waals surface area contributed by atoms with Crippen LogP contribution in [-0.4, -0.2) is 30.1 Å². The van der Waals surface area contributed by atoms with Crippen LogP contribution in [0, 0.1) is 0 Å². The molecule has 0 radical (unpaired) electrons. The van der Waals surface area contributed by atoms with Crippen LogP contribution in [0.15, 0.2) is 24.3 Å². The molecule has 21 heavy (non-hydrogen) atoms. The molecule has 0 aromatic heterocycles. The number of esters is 1. The van der Waals surface area contributed by atoms with Gasteiger partial charge in [0.05, 0.1) is 5.60 Å². The number of hydrogen-bond acceptors (Lipinski definition) is 4. The molecule has 2 aliphatic rings. The summed E-state index contributed by atoms with van der Waals surface area (Å²) in [6.45, 7) is 10.3. The van der Waals surface area contributed by atoms with Gasteiger partial charge in [0.15, 0.2) is 6.29 Å². The van der Waals surface area contributed by atoms with Gasteiger partial charge < -0.3 is 14.2 Å². The van der Waals surface area contributed by atoms with E-state index >= 15 is 0 Å². The predicted molar refractivity (Wildman–Crippen MR) is 80.8 cm³/mol. The van der Waals surface area contributed by atoms with Crippen molar-refractivity contribution in [2.75, 3.05) is 6.61 Å². The topological polar surface area (TPSA) is 44.8 Å². The van der Waals surface area contributed by atoms with Gasteiger partial charge in [-0.05, 0) is 52.5 Å². The second-order valence-electron chi connectivity index (χ2n) is 6.65. The van der Waals surface area contributed by atoms with Gasteiger partial charge >= 0.3 is 5.97 Å². The van der Waals surface area contributed by atoms with E-state index in [2.05, 4.69) is 13.5 Å². The van der Waals surface area contributed by atoms with Gasteiger partial charge in [-0.2, -0.15) is 0 Å². The van der Waals surface area contributed by atoms with Crippen molar-refractivity contribution < 1.29 is 19.0 Å². The molecule has 4 nitrogen and oxygen atoms in total. The number of rotatable bonds is 4. The number of ether oxygens (including phenoxy) is 3. The maximum atomic E-state index is 11.6. The second kappa shape index (κ2) is 6.32. The van der Waals surface area contributed by atoms with E-state index in [1.807, 2.05) is 19.9 Å². The first-order valence-electron chi connectivity index (χ1n) is 7.67. The third-order valence-electron chi connectivity index (χ3n) is 3.98. The number of carbonyl (C=O) groups is 1. The molecule has 0 amide bonds. The van der Waals surface area contributed by atoms with Crippen LogP contribution in [-0.2, 0) is 19.0 Å². The molecule has 1 aliphatic heterocycles. The first kappa shape index (κ1) is 16.2. The highest BCUT2D eigenvalue weighted by Gasteiger charge is 2.43. The van der Waals surface area contributed by atoms with Crippen molar-refractivity contribution in [3.8, 4) is 0 Å². The van der Waals surface area contributed by atoms with E-state index in [-0.39, 0.29) is 11.9 Å². The summed E-state index contributed by atoms with van der Waals surface area (Å²) in [5.41, 5.74) is 0.132. The Balaban J connectivity index is 2.08. The highest BCUT2D eigenvalue weighted by molar-refractivity contribution is 5.81. The van der Waals surface area contributed by atoms with Gasteiger partial charge in [0.1, 0.15) is 5.60 Å². The molecule has 0 aromatic carbocycles. The largest absolute Gasteiger partial charge is 0.452 e. The van der Waals surface area contributed by atoms with E-state index in [1.165, 1.54) is 11.6 Å². The Bertz CT molecular complexity index is 436. The Hall–Kier alpha value is -1.13. The zero-order valence-electron chi connectivity index (χ0n) is 13.3. The molecule has 4 heteroatoms. The summed E-state index contributed by atoms with van der Waals surface area (Å²) in [6.07, 6.45) is 7.69. The van der Waals surface area contributed by atoms with E-state index in [0.29, 0.717) is 6.42 Å². The van der Waals surface area contributed by atoms with Crippen molar-refractivity contribution in [2.24, 2.45) is 0 Å². The third-order valence-corrected chi connectivity index (χ3v) is 3.98. The molecular formula is C17H26O4. The van der Waals surface area contributed by atoms with Gasteiger partial charge in [-0.3, -0.25) is 0 Å². The van der Waals surface area contributed by atoms with Crippen LogP contribution in [0.3, 0.4) is 0 Å². The van der Waals surface area contributed by atoms with Crippen LogP contribution < -0.4 is 0 Å². The molecule has 0 spiro atoms. The summed E-state index contributed by atoms with van der Waals surface area (Å²) in [4.78, 5) is 11.6. The third kappa shape index (κ3) is 4.42. The summed E-state index contributed by atoms with van der Waals surface area (Å²) in [6, 6.07) is 0. The highest BCUT2D eigenvalue weighted by Crippen LogP contribution is 2.40. The maximum Gasteiger partial charge on any atom is 0.331 e. The Morgan fingerprint density at radius 2 is 2.24 bits per heavy atom. The van der Waals surface area contributed by atoms with Gasteiger partial charge in [-0.1, -0.05) is 12.2 Å². The molecule has 118 valence electrons. The van der Waals surface area contributed by atoms with E-state index < -0.39 is 11.6 Å². The summed E-state index contributed by atoms with van der Waals surface area (Å²) in [5, 5.41) is 0. The van der Waals surface area contributed by atoms with Crippen LogP contribution in [0.25, 0.3) is 0 Å². The standard InChI is InChI=1S/C17H26O4/c1-5-14(18)20-16(3)10-13(2)11-17(4,12-16)21-15-8-6-7-9-19-15/h5,10,15H,1,6-9,11-12H2,2-4H3. The normalized spacial score (nSPS) is 36.7. The lowest BCUT2D eigenvalue weighted by Crippen LogP contribution is -2.47. The lowest BCUT2D eigenvalue weighted by Gasteiger charge is -2.43. The first-order chi connectivity index (χ1) is 9.84. The van der Waals surface area contributed by atoms with Crippen molar-refractivity contribution in [1.29, 1.82) is 0 Å². The molecule has 0 N–H and O–H groups in total. The summed E-state index contributed by atoms with van der Waals surface area (Å²) >= 11 is 0. The predicted octanol–water partition coefficient (Wildman–Crippen LogP) is 3.52. The van der Waals surface area contributed by atoms with Gasteiger partial charge in [0.2, 0.25) is 0 Å². The fourth-order valence-corrected chi connectivity index (χ4v) is 3.56. The van der Waals surface area contributed by atoms with Crippen LogP contribution >= 0.6 is 0 Å². The minimum atomic E-state index is -0.656. The van der Waals surface area contributed by atoms with Crippen LogP contribution in [0.2, 0.25) is 0 Å². The lowest BCUT2D eigenvalue weighted by molar-refractivity contribution is -0.232. The molecule has 3 unspecified atom stereocenters. The van der Waals surface area contributed by atoms with Gasteiger partial charge in [0, 0.05) is 19.1 Å². The summed E-state index contributed by atoms with van der Waals surface area (Å²) in [7, 11) is 0. The zero-order chi connectivity index (χ0) is 15.5. The van der Waals surface area contributed by atoms with Crippen molar-refractivity contribution in [1.82, 2.24) is 0 Å². The minimum Gasteiger partial charge on any atom is -0.452 e. The Labute approximate surface area is 127 Å². The Kier molecular flexibility index (Phi) is 4.89. The smallest absolute Gasteiger partial charge is 0.331 e. The van der Waals surface area contributed by atoms with E-state index in [1.54, 1.807) is 0 Å². The SMILES string of the molecule is C=CC(=O)OC1(C)C=C(C)CC(C)(OC2CCCCO2)C1. The summed E-state index contributed by atoms with van der Waals surface area (Å²) < 4.78 is 17.4. The van der Waals surface area contributed by atoms with Gasteiger partial charge in [-0.15, -0.1) is 0 Å². The molecule has 3 atom stereocenters. The maximum absolute atomic E-state index is 11.6. The molecule has 1 heterocycles. The zero-order valence-corrected chi connectivity index (χ0v) is 13.3. The van der Waals surface area contributed by atoms with Crippen molar-refractivity contribution >= 4 is 5.97 Å². The van der Waals surface area contributed by atoms with Crippen molar-refractivity contribution in [2.45, 2.75) is 70.4 Å². The quantitative estimate of drug-likeness (QED) is 0.452. The average molecular weight is 294 g/mol. The first-order valence-corrected chi connectivity index (χ1v) is 7.67. The average Bonchev–Trinajstić information content (AvgIpc) is 2.36. The van der Waals surface area contributed by atoms with Crippen LogP contribution in [0.4, 0.5) is 0 Å². The number of hydrogen-bond donors (Lipinski definition) is 0. The van der Waals surface area contributed by atoms with Crippen molar-refractivity contribution in [3.63, 3.8) is 0 Å². The monoisotopic (exact) mass is 294 g/mol. The van der Waals surface area contributed by atoms with E-state index in [4.69, 9.17) is 14.2 Å². The molecule has 1 fully saturated rings. The molecule has 1 saturated heterocycles. The molecule has 0 aromatic rings. The second-order valence-corrected chi connectivity index (χ2v) is 6.65. The molecular weight excluding hydrogens is 268 g/mol. The summed E-state index contributed by atoms with van der Waals surface area (Å²) in [5.74, 6) is -0.403. The highest BCUT2D eigenvalue weighted by atomic mass is 16.7.